The fourth-order valence-electron chi connectivity index (χ4n) is 3.57. The van der Waals surface area contributed by atoms with Gasteiger partial charge < -0.3 is 14.4 Å². The summed E-state index contributed by atoms with van der Waals surface area (Å²) < 4.78 is 12.3. The molecule has 132 valence electrons. The summed E-state index contributed by atoms with van der Waals surface area (Å²) in [7, 11) is 0. The Balaban J connectivity index is 1.33. The quantitative estimate of drug-likeness (QED) is 0.852. The Kier molecular flexibility index (Phi) is 4.39. The second-order valence-corrected chi connectivity index (χ2v) is 7.15. The molecule has 0 aliphatic carbocycles. The van der Waals surface area contributed by atoms with Gasteiger partial charge in [0.2, 0.25) is 0 Å². The lowest BCUT2D eigenvalue weighted by atomic mass is 9.84. The van der Waals surface area contributed by atoms with Crippen LogP contribution in [0.15, 0.2) is 30.6 Å². The van der Waals surface area contributed by atoms with Crippen LogP contribution in [0.2, 0.25) is 0 Å². The van der Waals surface area contributed by atoms with E-state index in [1.54, 1.807) is 0 Å². The third-order valence-corrected chi connectivity index (χ3v) is 5.14. The third-order valence-electron chi connectivity index (χ3n) is 5.14. The first-order chi connectivity index (χ1) is 12.1. The molecule has 2 aliphatic heterocycles. The van der Waals surface area contributed by atoms with Gasteiger partial charge >= 0.3 is 0 Å². The first-order valence-corrected chi connectivity index (χ1v) is 8.84. The van der Waals surface area contributed by atoms with Gasteiger partial charge in [-0.05, 0) is 49.6 Å². The number of hydrogen-bond donors (Lipinski definition) is 0. The Bertz CT molecular complexity index is 728. The van der Waals surface area contributed by atoms with Crippen molar-refractivity contribution >= 4 is 5.82 Å². The highest BCUT2D eigenvalue weighted by Gasteiger charge is 2.48. The van der Waals surface area contributed by atoms with Gasteiger partial charge in [0.05, 0.1) is 31.5 Å². The molecule has 6 nitrogen and oxygen atoms in total. The van der Waals surface area contributed by atoms with Crippen molar-refractivity contribution in [2.75, 3.05) is 24.6 Å². The molecule has 1 spiro atoms. The zero-order valence-electron chi connectivity index (χ0n) is 14.8. The predicted molar refractivity (Wildman–Crippen MR) is 94.5 cm³/mol. The Morgan fingerprint density at radius 1 is 1.24 bits per heavy atom. The third kappa shape index (κ3) is 3.50. The Morgan fingerprint density at radius 2 is 2.12 bits per heavy atom. The smallest absolute Gasteiger partial charge is 0.151 e. The van der Waals surface area contributed by atoms with Crippen molar-refractivity contribution in [3.8, 4) is 0 Å². The van der Waals surface area contributed by atoms with Crippen molar-refractivity contribution in [1.82, 2.24) is 15.2 Å². The molecule has 1 atom stereocenters. The van der Waals surface area contributed by atoms with Gasteiger partial charge in [0.1, 0.15) is 5.60 Å². The molecule has 0 bridgehead atoms. The second-order valence-electron chi connectivity index (χ2n) is 7.15. The first kappa shape index (κ1) is 16.4. The van der Waals surface area contributed by atoms with Gasteiger partial charge in [0.15, 0.2) is 5.82 Å². The molecule has 0 amide bonds. The number of ether oxygens (including phenoxy) is 2. The molecule has 0 aromatic carbocycles. The van der Waals surface area contributed by atoms with Crippen LogP contribution < -0.4 is 4.90 Å². The van der Waals surface area contributed by atoms with Gasteiger partial charge in [-0.1, -0.05) is 0 Å². The number of pyridine rings is 1. The minimum atomic E-state index is -0.0978. The van der Waals surface area contributed by atoms with Crippen LogP contribution in [0, 0.1) is 13.8 Å². The van der Waals surface area contributed by atoms with Crippen LogP contribution in [-0.4, -0.2) is 46.6 Å². The molecule has 6 heteroatoms. The Labute approximate surface area is 148 Å². The minimum absolute atomic E-state index is 0.0978. The van der Waals surface area contributed by atoms with Crippen LogP contribution in [0.4, 0.5) is 5.82 Å². The van der Waals surface area contributed by atoms with E-state index in [9.17, 15) is 0 Å². The van der Waals surface area contributed by atoms with Gasteiger partial charge in [-0.3, -0.25) is 4.98 Å². The van der Waals surface area contributed by atoms with Gasteiger partial charge in [0.25, 0.3) is 0 Å². The SMILES string of the molecule is Cc1ccc(N2CC3(CC(OCc4cnccc4C)CCO3)C2)nn1. The van der Waals surface area contributed by atoms with Crippen LogP contribution in [0.3, 0.4) is 0 Å². The summed E-state index contributed by atoms with van der Waals surface area (Å²) in [5, 5.41) is 8.40. The van der Waals surface area contributed by atoms with Gasteiger partial charge in [-0.25, -0.2) is 0 Å². The monoisotopic (exact) mass is 340 g/mol. The number of rotatable bonds is 4. The highest BCUT2D eigenvalue weighted by Crippen LogP contribution is 2.37. The number of hydrogen-bond acceptors (Lipinski definition) is 6. The van der Waals surface area contributed by atoms with Gasteiger partial charge in [-0.2, -0.15) is 5.10 Å². The van der Waals surface area contributed by atoms with E-state index in [4.69, 9.17) is 9.47 Å². The molecule has 0 N–H and O–H groups in total. The molecule has 0 radical (unpaired) electrons. The standard InChI is InChI=1S/C19H24N4O2/c1-14-5-7-20-10-16(14)11-24-17-6-8-25-19(9-17)12-23(13-19)18-4-3-15(2)21-22-18/h3-5,7,10,17H,6,8-9,11-13H2,1-2H3. The highest BCUT2D eigenvalue weighted by molar-refractivity contribution is 5.43. The van der Waals surface area contributed by atoms with Crippen molar-refractivity contribution < 1.29 is 9.47 Å². The van der Waals surface area contributed by atoms with E-state index in [2.05, 4.69) is 27.0 Å². The predicted octanol–water partition coefficient (Wildman–Crippen LogP) is 2.44. The Hall–Kier alpha value is -2.05. The second kappa shape index (κ2) is 6.69. The molecule has 25 heavy (non-hydrogen) atoms. The lowest BCUT2D eigenvalue weighted by Crippen LogP contribution is -2.66. The van der Waals surface area contributed by atoms with Crippen molar-refractivity contribution in [2.45, 2.75) is 45.0 Å². The maximum absolute atomic E-state index is 6.17. The molecule has 2 aliphatic rings. The molecule has 2 aromatic heterocycles. The van der Waals surface area contributed by atoms with E-state index >= 15 is 0 Å². The summed E-state index contributed by atoms with van der Waals surface area (Å²) in [6, 6.07) is 6.05. The van der Waals surface area contributed by atoms with Crippen molar-refractivity contribution in [1.29, 1.82) is 0 Å². The van der Waals surface area contributed by atoms with E-state index in [-0.39, 0.29) is 11.7 Å². The van der Waals surface area contributed by atoms with Crippen LogP contribution in [-0.2, 0) is 16.1 Å². The van der Waals surface area contributed by atoms with Crippen molar-refractivity contribution in [3.05, 3.63) is 47.4 Å². The van der Waals surface area contributed by atoms with Crippen LogP contribution in [0.25, 0.3) is 0 Å². The molecule has 1 unspecified atom stereocenters. The maximum atomic E-state index is 6.17. The molecule has 2 saturated heterocycles. The molecular weight excluding hydrogens is 316 g/mol. The number of aryl methyl sites for hydroxylation is 2. The zero-order chi connectivity index (χ0) is 17.3. The van der Waals surface area contributed by atoms with E-state index < -0.39 is 0 Å². The Morgan fingerprint density at radius 3 is 2.88 bits per heavy atom. The average molecular weight is 340 g/mol. The largest absolute Gasteiger partial charge is 0.373 e. The molecule has 4 heterocycles. The van der Waals surface area contributed by atoms with Crippen molar-refractivity contribution in [3.63, 3.8) is 0 Å². The summed E-state index contributed by atoms with van der Waals surface area (Å²) in [6.45, 7) is 7.13. The molecular formula is C19H24N4O2. The number of anilines is 1. The van der Waals surface area contributed by atoms with E-state index in [1.807, 2.05) is 37.5 Å². The fraction of sp³-hybridized carbons (Fsp3) is 0.526. The zero-order valence-corrected chi connectivity index (χ0v) is 14.8. The van der Waals surface area contributed by atoms with Crippen LogP contribution in [0.5, 0.6) is 0 Å². The average Bonchev–Trinajstić information content (AvgIpc) is 2.60. The molecule has 0 saturated carbocycles. The minimum Gasteiger partial charge on any atom is -0.373 e. The normalized spacial score (nSPS) is 22.0. The summed E-state index contributed by atoms with van der Waals surface area (Å²) in [5.41, 5.74) is 3.23. The molecule has 2 aromatic rings. The summed E-state index contributed by atoms with van der Waals surface area (Å²) >= 11 is 0. The van der Waals surface area contributed by atoms with Crippen LogP contribution in [0.1, 0.15) is 29.7 Å². The van der Waals surface area contributed by atoms with Gasteiger partial charge in [-0.15, -0.1) is 5.10 Å². The summed E-state index contributed by atoms with van der Waals surface area (Å²) in [4.78, 5) is 6.41. The lowest BCUT2D eigenvalue weighted by Gasteiger charge is -2.53. The van der Waals surface area contributed by atoms with E-state index in [0.29, 0.717) is 6.61 Å². The first-order valence-electron chi connectivity index (χ1n) is 8.84. The summed E-state index contributed by atoms with van der Waals surface area (Å²) in [5.74, 6) is 0.925. The van der Waals surface area contributed by atoms with Crippen LogP contribution >= 0.6 is 0 Å². The number of aromatic nitrogens is 3. The van der Waals surface area contributed by atoms with E-state index in [1.165, 1.54) is 5.56 Å². The van der Waals surface area contributed by atoms with E-state index in [0.717, 1.165) is 49.6 Å². The lowest BCUT2D eigenvalue weighted by molar-refractivity contribution is -0.148. The summed E-state index contributed by atoms with van der Waals surface area (Å²) in [6.07, 6.45) is 5.83. The fourth-order valence-corrected chi connectivity index (χ4v) is 3.57. The molecule has 4 rings (SSSR count). The number of nitrogens with zero attached hydrogens (tertiary/aromatic N) is 4. The highest BCUT2D eigenvalue weighted by atomic mass is 16.5. The maximum Gasteiger partial charge on any atom is 0.151 e. The van der Waals surface area contributed by atoms with Crippen molar-refractivity contribution in [2.24, 2.45) is 0 Å². The molecule has 2 fully saturated rings. The topological polar surface area (TPSA) is 60.4 Å². The van der Waals surface area contributed by atoms with Gasteiger partial charge in [0, 0.05) is 25.4 Å².